The van der Waals surface area contributed by atoms with Gasteiger partial charge in [-0.1, -0.05) is 12.1 Å². The number of benzene rings is 1. The number of aryl methyl sites for hydroxylation is 1. The van der Waals surface area contributed by atoms with Gasteiger partial charge in [-0.25, -0.2) is 4.79 Å². The summed E-state index contributed by atoms with van der Waals surface area (Å²) in [5.41, 5.74) is 1.92. The number of hydrogen-bond acceptors (Lipinski definition) is 2. The molecule has 2 amide bonds. The van der Waals surface area contributed by atoms with Gasteiger partial charge in [0.15, 0.2) is 0 Å². The van der Waals surface area contributed by atoms with Crippen LogP contribution in [-0.4, -0.2) is 35.2 Å². The first kappa shape index (κ1) is 12.9. The van der Waals surface area contributed by atoms with Gasteiger partial charge in [0.25, 0.3) is 0 Å². The van der Waals surface area contributed by atoms with Crippen LogP contribution in [0.15, 0.2) is 24.3 Å². The first-order valence-electron chi connectivity index (χ1n) is 6.46. The molecule has 1 aromatic rings. The molecule has 0 bridgehead atoms. The number of aliphatic hydroxyl groups is 1. The van der Waals surface area contributed by atoms with Crippen molar-refractivity contribution in [2.45, 2.75) is 32.2 Å². The maximum atomic E-state index is 12.2. The van der Waals surface area contributed by atoms with Gasteiger partial charge in [0.1, 0.15) is 0 Å². The number of rotatable bonds is 2. The highest BCUT2D eigenvalue weighted by Crippen LogP contribution is 2.18. The summed E-state index contributed by atoms with van der Waals surface area (Å²) in [5, 5.41) is 12.2. The van der Waals surface area contributed by atoms with E-state index in [9.17, 15) is 9.90 Å². The number of aliphatic hydroxyl groups excluding tert-OH is 1. The number of urea groups is 1. The van der Waals surface area contributed by atoms with Crippen LogP contribution < -0.4 is 5.32 Å². The molecule has 2 rings (SSSR count). The number of carbonyl (C=O) groups excluding carboxylic acids is 1. The Kier molecular flexibility index (Phi) is 4.20. The van der Waals surface area contributed by atoms with Gasteiger partial charge in [0.2, 0.25) is 0 Å². The Morgan fingerprint density at radius 2 is 2.33 bits per heavy atom. The van der Waals surface area contributed by atoms with Gasteiger partial charge in [-0.15, -0.1) is 0 Å². The van der Waals surface area contributed by atoms with Crippen LogP contribution >= 0.6 is 0 Å². The molecule has 0 unspecified atom stereocenters. The van der Waals surface area contributed by atoms with Crippen LogP contribution in [0.4, 0.5) is 10.5 Å². The minimum Gasteiger partial charge on any atom is -0.394 e. The topological polar surface area (TPSA) is 52.6 Å². The van der Waals surface area contributed by atoms with Gasteiger partial charge in [0, 0.05) is 12.2 Å². The zero-order chi connectivity index (χ0) is 13.0. The first-order chi connectivity index (χ1) is 8.70. The van der Waals surface area contributed by atoms with Crippen molar-refractivity contribution >= 4 is 11.7 Å². The van der Waals surface area contributed by atoms with Crippen molar-refractivity contribution in [1.82, 2.24) is 4.90 Å². The molecular formula is C14H20N2O2. The Hall–Kier alpha value is -1.55. The largest absolute Gasteiger partial charge is 0.394 e. The molecule has 0 radical (unpaired) electrons. The van der Waals surface area contributed by atoms with E-state index >= 15 is 0 Å². The van der Waals surface area contributed by atoms with Crippen molar-refractivity contribution in [1.29, 1.82) is 0 Å². The number of hydrogen-bond donors (Lipinski definition) is 2. The fourth-order valence-electron chi connectivity index (χ4n) is 2.38. The molecule has 1 aliphatic rings. The number of nitrogens with zero attached hydrogens (tertiary/aromatic N) is 1. The summed E-state index contributed by atoms with van der Waals surface area (Å²) in [4.78, 5) is 13.9. The molecule has 98 valence electrons. The minimum absolute atomic E-state index is 0.0384. The molecule has 4 nitrogen and oxygen atoms in total. The number of nitrogens with one attached hydrogen (secondary N) is 1. The van der Waals surface area contributed by atoms with Crippen LogP contribution in [0.25, 0.3) is 0 Å². The van der Waals surface area contributed by atoms with Crippen molar-refractivity contribution in [2.75, 3.05) is 18.5 Å². The van der Waals surface area contributed by atoms with E-state index in [2.05, 4.69) is 5.32 Å². The van der Waals surface area contributed by atoms with Gasteiger partial charge in [-0.05, 0) is 43.9 Å². The normalized spacial score (nSPS) is 19.7. The third-order valence-electron chi connectivity index (χ3n) is 3.37. The highest BCUT2D eigenvalue weighted by molar-refractivity contribution is 5.89. The monoisotopic (exact) mass is 248 g/mol. The third-order valence-corrected chi connectivity index (χ3v) is 3.37. The fraction of sp³-hybridized carbons (Fsp3) is 0.500. The molecule has 2 N–H and O–H groups in total. The van der Waals surface area contributed by atoms with Crippen molar-refractivity contribution in [3.8, 4) is 0 Å². The molecular weight excluding hydrogens is 228 g/mol. The molecule has 4 heteroatoms. The van der Waals surface area contributed by atoms with E-state index in [1.807, 2.05) is 31.2 Å². The van der Waals surface area contributed by atoms with Crippen molar-refractivity contribution in [3.05, 3.63) is 29.8 Å². The van der Waals surface area contributed by atoms with Crippen molar-refractivity contribution in [3.63, 3.8) is 0 Å². The molecule has 1 aliphatic heterocycles. The lowest BCUT2D eigenvalue weighted by atomic mass is 10.0. The quantitative estimate of drug-likeness (QED) is 0.844. The van der Waals surface area contributed by atoms with Gasteiger partial charge in [-0.3, -0.25) is 0 Å². The van der Waals surface area contributed by atoms with Crippen molar-refractivity contribution in [2.24, 2.45) is 0 Å². The minimum atomic E-state index is -0.112. The summed E-state index contributed by atoms with van der Waals surface area (Å²) in [6.45, 7) is 2.76. The predicted molar refractivity (Wildman–Crippen MR) is 71.6 cm³/mol. The molecule has 0 aromatic heterocycles. The van der Waals surface area contributed by atoms with E-state index in [1.165, 1.54) is 0 Å². The zero-order valence-electron chi connectivity index (χ0n) is 10.7. The lowest BCUT2D eigenvalue weighted by Crippen LogP contribution is -2.47. The summed E-state index contributed by atoms with van der Waals surface area (Å²) in [7, 11) is 0. The number of likely N-dealkylation sites (tertiary alicyclic amines) is 1. The Labute approximate surface area is 108 Å². The second-order valence-corrected chi connectivity index (χ2v) is 4.83. The van der Waals surface area contributed by atoms with E-state index < -0.39 is 0 Å². The number of carbonyl (C=O) groups is 1. The van der Waals surface area contributed by atoms with E-state index in [-0.39, 0.29) is 18.7 Å². The summed E-state index contributed by atoms with van der Waals surface area (Å²) in [5.74, 6) is 0. The molecule has 1 atom stereocenters. The SMILES string of the molecule is Cc1cccc(NC(=O)N2CCCC[C@@H]2CO)c1. The molecule has 18 heavy (non-hydrogen) atoms. The lowest BCUT2D eigenvalue weighted by Gasteiger charge is -2.34. The van der Waals surface area contributed by atoms with Crippen LogP contribution in [0.2, 0.25) is 0 Å². The first-order valence-corrected chi connectivity index (χ1v) is 6.46. The Bertz CT molecular complexity index is 420. The lowest BCUT2D eigenvalue weighted by molar-refractivity contribution is 0.115. The summed E-state index contributed by atoms with van der Waals surface area (Å²) in [6, 6.07) is 7.58. The Morgan fingerprint density at radius 1 is 1.50 bits per heavy atom. The summed E-state index contributed by atoms with van der Waals surface area (Å²) < 4.78 is 0. The Morgan fingerprint density at radius 3 is 3.06 bits per heavy atom. The van der Waals surface area contributed by atoms with Gasteiger partial charge in [0.05, 0.1) is 12.6 Å². The number of anilines is 1. The van der Waals surface area contributed by atoms with E-state index in [0.29, 0.717) is 0 Å². The third kappa shape index (κ3) is 3.01. The fourth-order valence-corrected chi connectivity index (χ4v) is 2.38. The van der Waals surface area contributed by atoms with Crippen LogP contribution in [0.3, 0.4) is 0 Å². The highest BCUT2D eigenvalue weighted by Gasteiger charge is 2.25. The molecule has 1 aromatic carbocycles. The average Bonchev–Trinajstić information content (AvgIpc) is 2.38. The van der Waals surface area contributed by atoms with Crippen LogP contribution in [0.1, 0.15) is 24.8 Å². The number of amides is 2. The molecule has 1 saturated heterocycles. The molecule has 0 saturated carbocycles. The van der Waals surface area contributed by atoms with Crippen molar-refractivity contribution < 1.29 is 9.90 Å². The molecule has 1 heterocycles. The van der Waals surface area contributed by atoms with Crippen LogP contribution in [-0.2, 0) is 0 Å². The van der Waals surface area contributed by atoms with Crippen LogP contribution in [0, 0.1) is 6.92 Å². The Balaban J connectivity index is 2.02. The predicted octanol–water partition coefficient (Wildman–Crippen LogP) is 2.37. The molecule has 0 spiro atoms. The average molecular weight is 248 g/mol. The maximum absolute atomic E-state index is 12.2. The zero-order valence-corrected chi connectivity index (χ0v) is 10.7. The van der Waals surface area contributed by atoms with E-state index in [4.69, 9.17) is 0 Å². The van der Waals surface area contributed by atoms with Gasteiger partial charge >= 0.3 is 6.03 Å². The maximum Gasteiger partial charge on any atom is 0.322 e. The van der Waals surface area contributed by atoms with E-state index in [0.717, 1.165) is 37.1 Å². The van der Waals surface area contributed by atoms with Crippen LogP contribution in [0.5, 0.6) is 0 Å². The summed E-state index contributed by atoms with van der Waals surface area (Å²) in [6.07, 6.45) is 2.98. The number of piperidine rings is 1. The molecule has 0 aliphatic carbocycles. The van der Waals surface area contributed by atoms with Gasteiger partial charge < -0.3 is 15.3 Å². The van der Waals surface area contributed by atoms with Gasteiger partial charge in [-0.2, -0.15) is 0 Å². The second-order valence-electron chi connectivity index (χ2n) is 4.83. The summed E-state index contributed by atoms with van der Waals surface area (Å²) >= 11 is 0. The standard InChI is InChI=1S/C14H20N2O2/c1-11-5-4-6-12(9-11)15-14(18)16-8-3-2-7-13(16)10-17/h4-6,9,13,17H,2-3,7-8,10H2,1H3,(H,15,18)/t13-/m1/s1. The second kappa shape index (κ2) is 5.87. The smallest absolute Gasteiger partial charge is 0.322 e. The highest BCUT2D eigenvalue weighted by atomic mass is 16.3. The van der Waals surface area contributed by atoms with E-state index in [1.54, 1.807) is 4.90 Å². The molecule has 1 fully saturated rings.